The number of para-hydroxylation sites is 1. The van der Waals surface area contributed by atoms with Crippen molar-refractivity contribution in [3.8, 4) is 17.4 Å². The summed E-state index contributed by atoms with van der Waals surface area (Å²) in [7, 11) is 0. The Morgan fingerprint density at radius 3 is 2.67 bits per heavy atom. The smallest absolute Gasteiger partial charge is 0.230 e. The molecule has 2 aromatic carbocycles. The van der Waals surface area contributed by atoms with Crippen molar-refractivity contribution >= 4 is 29.0 Å². The van der Waals surface area contributed by atoms with Crippen LogP contribution in [0, 0.1) is 6.92 Å². The first-order chi connectivity index (χ1) is 14.5. The third kappa shape index (κ3) is 5.42. The van der Waals surface area contributed by atoms with Crippen LogP contribution in [-0.2, 0) is 6.54 Å². The lowest BCUT2D eigenvalue weighted by Crippen LogP contribution is -2.22. The van der Waals surface area contributed by atoms with Crippen molar-refractivity contribution in [2.45, 2.75) is 20.4 Å². The molecule has 0 unspecified atom stereocenters. The molecule has 3 rings (SSSR count). The van der Waals surface area contributed by atoms with Gasteiger partial charge in [-0.2, -0.15) is 0 Å². The first-order valence-corrected chi connectivity index (χ1v) is 10.0. The molecule has 0 amide bonds. The van der Waals surface area contributed by atoms with Crippen molar-refractivity contribution in [3.63, 3.8) is 0 Å². The molecule has 0 saturated heterocycles. The third-order valence-electron chi connectivity index (χ3n) is 4.14. The second-order valence-electron chi connectivity index (χ2n) is 6.30. The van der Waals surface area contributed by atoms with E-state index in [4.69, 9.17) is 32.7 Å². The van der Waals surface area contributed by atoms with Gasteiger partial charge in [-0.25, -0.2) is 4.98 Å². The SMILES string of the molecule is CCOc1ccccc1CN=C(NO)c1ccc(C)nc1Oc1cc(Cl)ccc1Cl. The fourth-order valence-electron chi connectivity index (χ4n) is 2.73. The molecule has 156 valence electrons. The van der Waals surface area contributed by atoms with Crippen molar-refractivity contribution in [3.05, 3.63) is 81.5 Å². The number of aryl methyl sites for hydroxylation is 1. The topological polar surface area (TPSA) is 76.0 Å². The van der Waals surface area contributed by atoms with Crippen LogP contribution in [0.5, 0.6) is 17.4 Å². The summed E-state index contributed by atoms with van der Waals surface area (Å²) in [6, 6.07) is 16.0. The van der Waals surface area contributed by atoms with Gasteiger partial charge in [0.25, 0.3) is 0 Å². The van der Waals surface area contributed by atoms with Crippen LogP contribution >= 0.6 is 23.2 Å². The van der Waals surface area contributed by atoms with Gasteiger partial charge in [0, 0.05) is 22.3 Å². The van der Waals surface area contributed by atoms with Gasteiger partial charge in [-0.15, -0.1) is 0 Å². The maximum absolute atomic E-state index is 9.75. The molecule has 0 aliphatic carbocycles. The normalized spacial score (nSPS) is 11.3. The zero-order chi connectivity index (χ0) is 21.5. The van der Waals surface area contributed by atoms with Gasteiger partial charge in [-0.3, -0.25) is 15.7 Å². The summed E-state index contributed by atoms with van der Waals surface area (Å²) in [5.41, 5.74) is 4.22. The molecule has 3 aromatic rings. The van der Waals surface area contributed by atoms with Gasteiger partial charge < -0.3 is 9.47 Å². The van der Waals surface area contributed by atoms with E-state index in [1.807, 2.05) is 38.1 Å². The van der Waals surface area contributed by atoms with Gasteiger partial charge in [0.2, 0.25) is 5.88 Å². The summed E-state index contributed by atoms with van der Waals surface area (Å²) in [6.07, 6.45) is 0. The third-order valence-corrected chi connectivity index (χ3v) is 4.69. The highest BCUT2D eigenvalue weighted by Gasteiger charge is 2.15. The number of amidine groups is 1. The zero-order valence-electron chi connectivity index (χ0n) is 16.5. The molecular weight excluding hydrogens is 425 g/mol. The number of rotatable bonds is 7. The lowest BCUT2D eigenvalue weighted by Gasteiger charge is -2.14. The van der Waals surface area contributed by atoms with Gasteiger partial charge in [-0.1, -0.05) is 41.4 Å². The number of aliphatic imine (C=N–C) groups is 1. The predicted octanol–water partition coefficient (Wildman–Crippen LogP) is 5.81. The molecule has 0 fully saturated rings. The number of benzene rings is 2. The number of aromatic nitrogens is 1. The number of hydrogen-bond acceptors (Lipinski definition) is 5. The molecule has 0 saturated carbocycles. The molecule has 0 radical (unpaired) electrons. The first kappa shape index (κ1) is 21.9. The molecule has 2 N–H and O–H groups in total. The number of pyridine rings is 1. The summed E-state index contributed by atoms with van der Waals surface area (Å²) >= 11 is 12.3. The molecular formula is C22H21Cl2N3O3. The van der Waals surface area contributed by atoms with Crippen LogP contribution in [0.3, 0.4) is 0 Å². The Morgan fingerprint density at radius 1 is 1.10 bits per heavy atom. The highest BCUT2D eigenvalue weighted by Crippen LogP contribution is 2.33. The van der Waals surface area contributed by atoms with E-state index in [0.29, 0.717) is 28.0 Å². The van der Waals surface area contributed by atoms with Crippen molar-refractivity contribution in [2.75, 3.05) is 6.61 Å². The number of ether oxygens (including phenoxy) is 2. The van der Waals surface area contributed by atoms with E-state index in [9.17, 15) is 5.21 Å². The number of halogens is 2. The van der Waals surface area contributed by atoms with E-state index in [2.05, 4.69) is 15.5 Å². The van der Waals surface area contributed by atoms with Gasteiger partial charge in [0.1, 0.15) is 11.5 Å². The minimum atomic E-state index is 0.196. The van der Waals surface area contributed by atoms with Crippen LogP contribution in [0.1, 0.15) is 23.7 Å². The molecule has 0 atom stereocenters. The predicted molar refractivity (Wildman–Crippen MR) is 118 cm³/mol. The van der Waals surface area contributed by atoms with Crippen LogP contribution in [0.15, 0.2) is 59.6 Å². The van der Waals surface area contributed by atoms with E-state index < -0.39 is 0 Å². The van der Waals surface area contributed by atoms with Gasteiger partial charge >= 0.3 is 0 Å². The maximum atomic E-state index is 9.75. The molecule has 1 heterocycles. The highest BCUT2D eigenvalue weighted by atomic mass is 35.5. The lowest BCUT2D eigenvalue weighted by molar-refractivity contribution is 0.234. The average Bonchev–Trinajstić information content (AvgIpc) is 2.73. The molecule has 30 heavy (non-hydrogen) atoms. The molecule has 0 bridgehead atoms. The van der Waals surface area contributed by atoms with Crippen molar-refractivity contribution in [2.24, 2.45) is 4.99 Å². The van der Waals surface area contributed by atoms with Gasteiger partial charge in [0.15, 0.2) is 5.84 Å². The summed E-state index contributed by atoms with van der Waals surface area (Å²) in [5, 5.41) is 10.6. The number of hydrogen-bond donors (Lipinski definition) is 2. The molecule has 1 aromatic heterocycles. The van der Waals surface area contributed by atoms with E-state index in [1.54, 1.807) is 30.3 Å². The monoisotopic (exact) mass is 445 g/mol. The average molecular weight is 446 g/mol. The Labute approximate surface area is 185 Å². The van der Waals surface area contributed by atoms with Crippen molar-refractivity contribution in [1.29, 1.82) is 0 Å². The van der Waals surface area contributed by atoms with E-state index in [1.165, 1.54) is 0 Å². The van der Waals surface area contributed by atoms with E-state index >= 15 is 0 Å². The van der Waals surface area contributed by atoms with Crippen LogP contribution in [0.2, 0.25) is 10.0 Å². The summed E-state index contributed by atoms with van der Waals surface area (Å²) in [5.74, 6) is 1.52. The zero-order valence-corrected chi connectivity index (χ0v) is 18.0. The highest BCUT2D eigenvalue weighted by molar-refractivity contribution is 6.34. The largest absolute Gasteiger partial charge is 0.494 e. The Morgan fingerprint density at radius 2 is 1.90 bits per heavy atom. The Kier molecular flexibility index (Phi) is 7.52. The van der Waals surface area contributed by atoms with Crippen LogP contribution < -0.4 is 15.0 Å². The Bertz CT molecular complexity index is 1060. The molecule has 8 heteroatoms. The Balaban J connectivity index is 1.95. The summed E-state index contributed by atoms with van der Waals surface area (Å²) in [4.78, 5) is 8.92. The van der Waals surface area contributed by atoms with Gasteiger partial charge in [-0.05, 0) is 44.2 Å². The molecule has 0 aliphatic rings. The van der Waals surface area contributed by atoms with E-state index in [-0.39, 0.29) is 18.3 Å². The van der Waals surface area contributed by atoms with Crippen LogP contribution in [0.4, 0.5) is 0 Å². The standard InChI is InChI=1S/C22H21Cl2N3O3/c1-3-29-19-7-5-4-6-15(19)13-25-21(27-28)17-10-8-14(2)26-22(17)30-20-12-16(23)9-11-18(20)24/h4-12,28H,3,13H2,1-2H3,(H,25,27). The fourth-order valence-corrected chi connectivity index (χ4v) is 3.04. The number of nitrogens with one attached hydrogen (secondary N) is 1. The lowest BCUT2D eigenvalue weighted by atomic mass is 10.2. The minimum absolute atomic E-state index is 0.196. The number of hydroxylamine groups is 1. The molecule has 0 spiro atoms. The van der Waals surface area contributed by atoms with Crippen molar-refractivity contribution in [1.82, 2.24) is 10.5 Å². The first-order valence-electron chi connectivity index (χ1n) is 9.28. The van der Waals surface area contributed by atoms with Crippen LogP contribution in [0.25, 0.3) is 0 Å². The summed E-state index contributed by atoms with van der Waals surface area (Å²) in [6.45, 7) is 4.58. The fraction of sp³-hybridized carbons (Fsp3) is 0.182. The number of nitrogens with zero attached hydrogens (tertiary/aromatic N) is 2. The summed E-state index contributed by atoms with van der Waals surface area (Å²) < 4.78 is 11.6. The van der Waals surface area contributed by atoms with E-state index in [0.717, 1.165) is 17.0 Å². The molecule has 6 nitrogen and oxygen atoms in total. The second kappa shape index (κ2) is 10.3. The van der Waals surface area contributed by atoms with Crippen molar-refractivity contribution < 1.29 is 14.7 Å². The maximum Gasteiger partial charge on any atom is 0.230 e. The minimum Gasteiger partial charge on any atom is -0.494 e. The van der Waals surface area contributed by atoms with Gasteiger partial charge in [0.05, 0.1) is 23.7 Å². The Hall–Kier alpha value is -2.80. The second-order valence-corrected chi connectivity index (χ2v) is 7.14. The van der Waals surface area contributed by atoms with Crippen LogP contribution in [-0.4, -0.2) is 22.6 Å². The quantitative estimate of drug-likeness (QED) is 0.272. The molecule has 0 aliphatic heterocycles.